The first-order valence-corrected chi connectivity index (χ1v) is 5.27. The predicted molar refractivity (Wildman–Crippen MR) is 65.6 cm³/mol. The van der Waals surface area contributed by atoms with Gasteiger partial charge in [0.15, 0.2) is 0 Å². The van der Waals surface area contributed by atoms with Gasteiger partial charge in [-0.05, 0) is 13.0 Å². The monoisotopic (exact) mass is 238 g/mol. The Labute approximate surface area is 101 Å². The third-order valence-electron chi connectivity index (χ3n) is 2.40. The van der Waals surface area contributed by atoms with Crippen molar-refractivity contribution in [2.24, 2.45) is 5.84 Å². The van der Waals surface area contributed by atoms with Gasteiger partial charge in [0.1, 0.15) is 0 Å². The number of hydrogen-bond donors (Lipinski definition) is 2. The molecule has 0 radical (unpaired) electrons. The number of ether oxygens (including phenoxy) is 1. The summed E-state index contributed by atoms with van der Waals surface area (Å²) >= 11 is 0. The highest BCUT2D eigenvalue weighted by Gasteiger charge is 2.15. The zero-order valence-corrected chi connectivity index (χ0v) is 10.4. The number of hydrazine groups is 1. The lowest BCUT2D eigenvalue weighted by Gasteiger charge is -2.18. The number of hydrogen-bond acceptors (Lipinski definition) is 5. The van der Waals surface area contributed by atoms with Crippen molar-refractivity contribution in [2.75, 3.05) is 32.7 Å². The number of carbonyl (C=O) groups excluding carboxylic acids is 1. The topological polar surface area (TPSA) is 80.5 Å². The fourth-order valence-corrected chi connectivity index (χ4v) is 1.39. The van der Waals surface area contributed by atoms with Crippen LogP contribution >= 0.6 is 0 Å². The highest BCUT2D eigenvalue weighted by Crippen LogP contribution is 2.16. The number of aromatic nitrogens is 1. The molecule has 3 N–H and O–H groups in total. The molecular formula is C11H18N4O2. The molecular weight excluding hydrogens is 220 g/mol. The third-order valence-corrected chi connectivity index (χ3v) is 2.40. The van der Waals surface area contributed by atoms with E-state index in [1.54, 1.807) is 25.1 Å². The Morgan fingerprint density at radius 2 is 2.35 bits per heavy atom. The van der Waals surface area contributed by atoms with E-state index in [2.05, 4.69) is 10.4 Å². The zero-order chi connectivity index (χ0) is 12.8. The molecule has 94 valence electrons. The second kappa shape index (κ2) is 6.17. The molecule has 0 spiro atoms. The Kier molecular flexibility index (Phi) is 4.86. The normalized spacial score (nSPS) is 10.1. The molecule has 0 unspecified atom stereocenters. The van der Waals surface area contributed by atoms with E-state index in [1.165, 1.54) is 6.20 Å². The molecule has 0 aliphatic carbocycles. The summed E-state index contributed by atoms with van der Waals surface area (Å²) in [5, 5.41) is 0. The van der Waals surface area contributed by atoms with E-state index >= 15 is 0 Å². The predicted octanol–water partition coefficient (Wildman–Crippen LogP) is 0.394. The lowest BCUT2D eigenvalue weighted by Crippen LogP contribution is -2.31. The van der Waals surface area contributed by atoms with Crippen molar-refractivity contribution in [2.45, 2.75) is 6.92 Å². The largest absolute Gasteiger partial charge is 0.383 e. The number of carbonyl (C=O) groups is 1. The fourth-order valence-electron chi connectivity index (χ4n) is 1.39. The van der Waals surface area contributed by atoms with E-state index in [0.29, 0.717) is 24.4 Å². The van der Waals surface area contributed by atoms with Crippen LogP contribution < -0.4 is 11.3 Å². The van der Waals surface area contributed by atoms with Crippen molar-refractivity contribution in [1.29, 1.82) is 0 Å². The van der Waals surface area contributed by atoms with Crippen LogP contribution in [0.4, 0.5) is 5.69 Å². The minimum absolute atomic E-state index is 0.137. The summed E-state index contributed by atoms with van der Waals surface area (Å²) in [5.41, 5.74) is 4.34. The molecule has 0 saturated heterocycles. The van der Waals surface area contributed by atoms with E-state index < -0.39 is 0 Å². The first kappa shape index (κ1) is 13.4. The van der Waals surface area contributed by atoms with Crippen molar-refractivity contribution < 1.29 is 9.53 Å². The lowest BCUT2D eigenvalue weighted by atomic mass is 10.2. The molecule has 0 fully saturated rings. The van der Waals surface area contributed by atoms with Crippen molar-refractivity contribution in [3.8, 4) is 0 Å². The molecule has 0 bridgehead atoms. The maximum atomic E-state index is 12.1. The van der Waals surface area contributed by atoms with Crippen LogP contribution in [0.2, 0.25) is 0 Å². The van der Waals surface area contributed by atoms with E-state index in [9.17, 15) is 4.79 Å². The van der Waals surface area contributed by atoms with Gasteiger partial charge in [-0.3, -0.25) is 15.6 Å². The molecule has 1 heterocycles. The number of amides is 1. The molecule has 17 heavy (non-hydrogen) atoms. The first-order chi connectivity index (χ1) is 8.10. The number of nitrogen functional groups attached to an aromatic ring is 1. The first-order valence-electron chi connectivity index (χ1n) is 5.27. The summed E-state index contributed by atoms with van der Waals surface area (Å²) in [6.45, 7) is 2.85. The molecule has 6 heteroatoms. The van der Waals surface area contributed by atoms with Gasteiger partial charge in [0.25, 0.3) is 5.91 Å². The molecule has 1 aromatic heterocycles. The molecule has 0 atom stereocenters. The quantitative estimate of drug-likeness (QED) is 0.573. The van der Waals surface area contributed by atoms with Gasteiger partial charge in [0.05, 0.1) is 17.9 Å². The van der Waals surface area contributed by atoms with E-state index in [4.69, 9.17) is 10.6 Å². The molecule has 6 nitrogen and oxygen atoms in total. The van der Waals surface area contributed by atoms with Gasteiger partial charge in [0.2, 0.25) is 0 Å². The lowest BCUT2D eigenvalue weighted by molar-refractivity contribution is 0.0744. The van der Waals surface area contributed by atoms with Crippen LogP contribution in [0.5, 0.6) is 0 Å². The maximum absolute atomic E-state index is 12.1. The Hall–Kier alpha value is -1.66. The van der Waals surface area contributed by atoms with E-state index in [-0.39, 0.29) is 5.91 Å². The Bertz CT molecular complexity index is 395. The van der Waals surface area contributed by atoms with Crippen LogP contribution in [0.25, 0.3) is 0 Å². The number of aryl methyl sites for hydroxylation is 1. The van der Waals surface area contributed by atoms with Gasteiger partial charge in [-0.25, -0.2) is 0 Å². The average molecular weight is 238 g/mol. The third kappa shape index (κ3) is 3.40. The molecule has 1 aromatic rings. The van der Waals surface area contributed by atoms with Crippen molar-refractivity contribution in [1.82, 2.24) is 9.88 Å². The second-order valence-corrected chi connectivity index (χ2v) is 3.74. The Balaban J connectivity index is 2.87. The summed E-state index contributed by atoms with van der Waals surface area (Å²) in [4.78, 5) is 17.7. The number of rotatable bonds is 5. The minimum atomic E-state index is -0.137. The van der Waals surface area contributed by atoms with Crippen molar-refractivity contribution >= 4 is 11.6 Å². The molecule has 0 aliphatic rings. The fraction of sp³-hybridized carbons (Fsp3) is 0.455. The SMILES string of the molecule is COCCN(C)C(=O)c1cnc(C)cc1NN. The second-order valence-electron chi connectivity index (χ2n) is 3.74. The van der Waals surface area contributed by atoms with Gasteiger partial charge < -0.3 is 15.1 Å². The van der Waals surface area contributed by atoms with Crippen LogP contribution in [0, 0.1) is 6.92 Å². The number of anilines is 1. The highest BCUT2D eigenvalue weighted by molar-refractivity contribution is 5.99. The summed E-state index contributed by atoms with van der Waals surface area (Å²) in [6, 6.07) is 1.73. The number of methoxy groups -OCH3 is 1. The van der Waals surface area contributed by atoms with Gasteiger partial charge in [-0.15, -0.1) is 0 Å². The van der Waals surface area contributed by atoms with Gasteiger partial charge in [0, 0.05) is 32.6 Å². The van der Waals surface area contributed by atoms with Gasteiger partial charge in [-0.2, -0.15) is 0 Å². The highest BCUT2D eigenvalue weighted by atomic mass is 16.5. The van der Waals surface area contributed by atoms with Gasteiger partial charge >= 0.3 is 0 Å². The number of nitrogens with one attached hydrogen (secondary N) is 1. The van der Waals surface area contributed by atoms with E-state index in [1.807, 2.05) is 6.92 Å². The van der Waals surface area contributed by atoms with Crippen LogP contribution in [-0.2, 0) is 4.74 Å². The Morgan fingerprint density at radius 3 is 2.94 bits per heavy atom. The molecule has 0 aromatic carbocycles. The summed E-state index contributed by atoms with van der Waals surface area (Å²) in [5.74, 6) is 5.25. The van der Waals surface area contributed by atoms with Crippen molar-refractivity contribution in [3.05, 3.63) is 23.5 Å². The average Bonchev–Trinajstić information content (AvgIpc) is 2.34. The minimum Gasteiger partial charge on any atom is -0.383 e. The van der Waals surface area contributed by atoms with Crippen LogP contribution in [0.15, 0.2) is 12.3 Å². The smallest absolute Gasteiger partial charge is 0.257 e. The number of likely N-dealkylation sites (N-methyl/N-ethyl adjacent to an activating group) is 1. The number of pyridine rings is 1. The van der Waals surface area contributed by atoms with E-state index in [0.717, 1.165) is 5.69 Å². The molecule has 1 rings (SSSR count). The summed E-state index contributed by atoms with van der Waals surface area (Å²) in [7, 11) is 3.31. The van der Waals surface area contributed by atoms with Crippen LogP contribution in [0.3, 0.4) is 0 Å². The Morgan fingerprint density at radius 1 is 1.65 bits per heavy atom. The number of nitrogens with zero attached hydrogens (tertiary/aromatic N) is 2. The zero-order valence-electron chi connectivity index (χ0n) is 10.4. The molecule has 0 saturated carbocycles. The van der Waals surface area contributed by atoms with Crippen LogP contribution in [-0.4, -0.2) is 43.1 Å². The molecule has 0 aliphatic heterocycles. The maximum Gasteiger partial charge on any atom is 0.257 e. The van der Waals surface area contributed by atoms with Crippen LogP contribution in [0.1, 0.15) is 16.1 Å². The summed E-state index contributed by atoms with van der Waals surface area (Å²) < 4.78 is 4.92. The number of nitrogens with two attached hydrogens (primary N) is 1. The standard InChI is InChI=1S/C11H18N4O2/c1-8-6-10(14-12)9(7-13-8)11(16)15(2)4-5-17-3/h6-7H,4-5,12H2,1-3H3,(H,13,14). The van der Waals surface area contributed by atoms with Crippen molar-refractivity contribution in [3.63, 3.8) is 0 Å². The molecule has 1 amide bonds. The summed E-state index contributed by atoms with van der Waals surface area (Å²) in [6.07, 6.45) is 1.52. The van der Waals surface area contributed by atoms with Gasteiger partial charge in [-0.1, -0.05) is 0 Å².